The van der Waals surface area contributed by atoms with E-state index in [0.717, 1.165) is 31.2 Å². The minimum absolute atomic E-state index is 0.143. The zero-order valence-corrected chi connectivity index (χ0v) is 19.1. The maximum atomic E-state index is 13.1. The van der Waals surface area contributed by atoms with Crippen LogP contribution in [0.4, 0.5) is 0 Å². The lowest BCUT2D eigenvalue weighted by molar-refractivity contribution is -0.133. The number of hydrogen-bond acceptors (Lipinski definition) is 4. The van der Waals surface area contributed by atoms with Gasteiger partial charge in [0.1, 0.15) is 11.2 Å². The van der Waals surface area contributed by atoms with Gasteiger partial charge in [-0.3, -0.25) is 19.1 Å². The number of nitrogens with one attached hydrogen (secondary N) is 2. The molecule has 0 bridgehead atoms. The van der Waals surface area contributed by atoms with Gasteiger partial charge in [-0.25, -0.2) is 0 Å². The number of hydrogen-bond donors (Lipinski definition) is 2. The van der Waals surface area contributed by atoms with Crippen molar-refractivity contribution in [3.8, 4) is 0 Å². The van der Waals surface area contributed by atoms with E-state index in [-0.39, 0.29) is 36.0 Å². The highest BCUT2D eigenvalue weighted by Crippen LogP contribution is 2.27. The average molecular weight is 458 g/mol. The van der Waals surface area contributed by atoms with Gasteiger partial charge in [0, 0.05) is 30.7 Å². The molecule has 0 unspecified atom stereocenters. The van der Waals surface area contributed by atoms with Crippen LogP contribution >= 0.6 is 11.6 Å². The monoisotopic (exact) mass is 457 g/mol. The van der Waals surface area contributed by atoms with E-state index in [2.05, 4.69) is 15.7 Å². The van der Waals surface area contributed by atoms with Crippen LogP contribution in [0.3, 0.4) is 0 Å². The lowest BCUT2D eigenvalue weighted by Crippen LogP contribution is -2.63. The first kappa shape index (κ1) is 22.3. The standard InChI is InChI=1S/C23H28ClN5O3/c1-23(22(32)26-17-6-4-3-5-7-17)14-29-19(21(31)28(23)2)12-18(27-29)20(30)25-13-15-8-10-16(24)11-9-15/h8-12,17H,3-7,13-14H2,1-2H3,(H,25,30)(H,26,32)/t23-/m1/s1. The molecule has 1 aromatic heterocycles. The summed E-state index contributed by atoms with van der Waals surface area (Å²) in [5, 5.41) is 10.9. The molecule has 1 aliphatic heterocycles. The minimum Gasteiger partial charge on any atom is -0.351 e. The van der Waals surface area contributed by atoms with Gasteiger partial charge in [-0.15, -0.1) is 0 Å². The molecule has 2 heterocycles. The van der Waals surface area contributed by atoms with Gasteiger partial charge in [0.05, 0.1) is 6.54 Å². The Morgan fingerprint density at radius 3 is 2.56 bits per heavy atom. The third-order valence-corrected chi connectivity index (χ3v) is 6.78. The molecule has 0 radical (unpaired) electrons. The normalized spacial score (nSPS) is 21.2. The molecule has 8 nitrogen and oxygen atoms in total. The summed E-state index contributed by atoms with van der Waals surface area (Å²) in [5.41, 5.74) is 0.263. The molecule has 4 rings (SSSR count). The van der Waals surface area contributed by atoms with Gasteiger partial charge in [0.15, 0.2) is 5.69 Å². The Kier molecular flexibility index (Phi) is 6.24. The number of benzene rings is 1. The second-order valence-corrected chi connectivity index (χ2v) is 9.26. The van der Waals surface area contributed by atoms with E-state index in [0.29, 0.717) is 17.3 Å². The van der Waals surface area contributed by atoms with Crippen LogP contribution in [0, 0.1) is 0 Å². The van der Waals surface area contributed by atoms with Gasteiger partial charge in [-0.2, -0.15) is 5.10 Å². The summed E-state index contributed by atoms with van der Waals surface area (Å²) in [5.74, 6) is -0.900. The summed E-state index contributed by atoms with van der Waals surface area (Å²) < 4.78 is 1.47. The van der Waals surface area contributed by atoms with Crippen molar-refractivity contribution in [2.45, 2.75) is 63.7 Å². The Hall–Kier alpha value is -2.87. The van der Waals surface area contributed by atoms with E-state index < -0.39 is 5.54 Å². The topological polar surface area (TPSA) is 96.3 Å². The summed E-state index contributed by atoms with van der Waals surface area (Å²) in [4.78, 5) is 40.2. The summed E-state index contributed by atoms with van der Waals surface area (Å²) in [6, 6.07) is 8.79. The molecule has 9 heteroatoms. The zero-order valence-electron chi connectivity index (χ0n) is 18.4. The predicted octanol–water partition coefficient (Wildman–Crippen LogP) is 2.76. The third-order valence-electron chi connectivity index (χ3n) is 6.53. The average Bonchev–Trinajstić information content (AvgIpc) is 3.21. The molecule has 1 saturated carbocycles. The number of carbonyl (C=O) groups excluding carboxylic acids is 3. The van der Waals surface area contributed by atoms with E-state index >= 15 is 0 Å². The summed E-state index contributed by atoms with van der Waals surface area (Å²) in [6.45, 7) is 2.25. The fraction of sp³-hybridized carbons (Fsp3) is 0.478. The van der Waals surface area contributed by atoms with Crippen molar-refractivity contribution in [3.05, 3.63) is 52.3 Å². The highest BCUT2D eigenvalue weighted by atomic mass is 35.5. The maximum absolute atomic E-state index is 13.1. The van der Waals surface area contributed by atoms with Crippen LogP contribution in [0.15, 0.2) is 30.3 Å². The van der Waals surface area contributed by atoms with Crippen molar-refractivity contribution in [1.82, 2.24) is 25.3 Å². The quantitative estimate of drug-likeness (QED) is 0.721. The molecule has 3 amide bonds. The Morgan fingerprint density at radius 1 is 1.19 bits per heavy atom. The summed E-state index contributed by atoms with van der Waals surface area (Å²) in [6.07, 6.45) is 5.33. The van der Waals surface area contributed by atoms with Crippen LogP contribution in [0.5, 0.6) is 0 Å². The first-order valence-electron chi connectivity index (χ1n) is 11.0. The SMILES string of the molecule is CN1C(=O)c2cc(C(=O)NCc3ccc(Cl)cc3)nn2C[C@]1(C)C(=O)NC1CCCCC1. The van der Waals surface area contributed by atoms with Crippen LogP contribution in [0.1, 0.15) is 65.6 Å². The number of rotatable bonds is 5. The van der Waals surface area contributed by atoms with Crippen molar-refractivity contribution in [2.75, 3.05) is 7.05 Å². The predicted molar refractivity (Wildman–Crippen MR) is 120 cm³/mol. The number of carbonyl (C=O) groups is 3. The number of halogens is 1. The van der Waals surface area contributed by atoms with Gasteiger partial charge in [-0.05, 0) is 37.5 Å². The molecule has 0 saturated heterocycles. The number of likely N-dealkylation sites (N-methyl/N-ethyl adjacent to an activating group) is 1. The molecule has 1 aromatic carbocycles. The van der Waals surface area contributed by atoms with Crippen LogP contribution in [0.2, 0.25) is 5.02 Å². The first-order valence-corrected chi connectivity index (χ1v) is 11.4. The second kappa shape index (κ2) is 8.94. The van der Waals surface area contributed by atoms with E-state index in [4.69, 9.17) is 11.6 Å². The largest absolute Gasteiger partial charge is 0.351 e. The van der Waals surface area contributed by atoms with Crippen molar-refractivity contribution < 1.29 is 14.4 Å². The Morgan fingerprint density at radius 2 is 1.88 bits per heavy atom. The van der Waals surface area contributed by atoms with Gasteiger partial charge in [-0.1, -0.05) is 43.0 Å². The molecule has 2 aliphatic rings. The molecular weight excluding hydrogens is 430 g/mol. The molecular formula is C23H28ClN5O3. The summed E-state index contributed by atoms with van der Waals surface area (Å²) in [7, 11) is 1.62. The molecule has 2 N–H and O–H groups in total. The Bertz CT molecular complexity index is 1030. The van der Waals surface area contributed by atoms with Crippen molar-refractivity contribution >= 4 is 29.3 Å². The minimum atomic E-state index is -1.08. The Balaban J connectivity index is 1.47. The highest BCUT2D eigenvalue weighted by molar-refractivity contribution is 6.30. The number of amides is 3. The molecule has 170 valence electrons. The van der Waals surface area contributed by atoms with E-state index in [1.807, 2.05) is 12.1 Å². The molecule has 0 spiro atoms. The van der Waals surface area contributed by atoms with E-state index in [1.54, 1.807) is 26.1 Å². The first-order chi connectivity index (χ1) is 15.3. The van der Waals surface area contributed by atoms with Crippen LogP contribution in [0.25, 0.3) is 0 Å². The summed E-state index contributed by atoms with van der Waals surface area (Å²) >= 11 is 5.89. The lowest BCUT2D eigenvalue weighted by Gasteiger charge is -2.41. The van der Waals surface area contributed by atoms with Crippen molar-refractivity contribution in [2.24, 2.45) is 0 Å². The van der Waals surface area contributed by atoms with Crippen molar-refractivity contribution in [1.29, 1.82) is 0 Å². The number of aromatic nitrogens is 2. The molecule has 2 aromatic rings. The van der Waals surface area contributed by atoms with Crippen LogP contribution in [-0.4, -0.2) is 51.0 Å². The van der Waals surface area contributed by atoms with Gasteiger partial charge >= 0.3 is 0 Å². The fourth-order valence-corrected chi connectivity index (χ4v) is 4.43. The molecule has 32 heavy (non-hydrogen) atoms. The van der Waals surface area contributed by atoms with Gasteiger partial charge in [0.25, 0.3) is 11.8 Å². The smallest absolute Gasteiger partial charge is 0.272 e. The number of fused-ring (bicyclic) bond motifs is 1. The second-order valence-electron chi connectivity index (χ2n) is 8.83. The van der Waals surface area contributed by atoms with E-state index in [9.17, 15) is 14.4 Å². The molecule has 1 atom stereocenters. The number of nitrogens with zero attached hydrogens (tertiary/aromatic N) is 3. The van der Waals surface area contributed by atoms with Gasteiger partial charge < -0.3 is 15.5 Å². The van der Waals surface area contributed by atoms with Gasteiger partial charge in [0.2, 0.25) is 5.91 Å². The van der Waals surface area contributed by atoms with Crippen LogP contribution in [-0.2, 0) is 17.9 Å². The third kappa shape index (κ3) is 4.37. The van der Waals surface area contributed by atoms with Crippen molar-refractivity contribution in [3.63, 3.8) is 0 Å². The maximum Gasteiger partial charge on any atom is 0.272 e. The fourth-order valence-electron chi connectivity index (χ4n) is 4.30. The van der Waals surface area contributed by atoms with E-state index in [1.165, 1.54) is 22.1 Å². The molecule has 1 aliphatic carbocycles. The highest BCUT2D eigenvalue weighted by Gasteiger charge is 2.46. The van der Waals surface area contributed by atoms with Crippen LogP contribution < -0.4 is 10.6 Å². The lowest BCUT2D eigenvalue weighted by atomic mass is 9.92. The Labute approximate surface area is 192 Å². The zero-order chi connectivity index (χ0) is 22.9. The molecule has 1 fully saturated rings.